The molecule has 1 aromatic carbocycles. The van der Waals surface area contributed by atoms with Crippen LogP contribution in [0.3, 0.4) is 0 Å². The number of pyridine rings is 2. The Balaban J connectivity index is 1.42. The van der Waals surface area contributed by atoms with Crippen molar-refractivity contribution in [3.63, 3.8) is 0 Å². The summed E-state index contributed by atoms with van der Waals surface area (Å²) in [7, 11) is 0. The second-order valence-electron chi connectivity index (χ2n) is 11.3. The number of amides is 1. The molecule has 9 nitrogen and oxygen atoms in total. The molecule has 2 N–H and O–H groups in total. The number of alkyl halides is 3. The van der Waals surface area contributed by atoms with Gasteiger partial charge >= 0.3 is 12.3 Å². The molecule has 0 bridgehead atoms. The fraction of sp³-hybridized carbons (Fsp3) is 0.448. The van der Waals surface area contributed by atoms with Gasteiger partial charge in [0.25, 0.3) is 0 Å². The van der Waals surface area contributed by atoms with Crippen LogP contribution in [0.5, 0.6) is 5.75 Å². The van der Waals surface area contributed by atoms with Crippen molar-refractivity contribution in [1.82, 2.24) is 20.2 Å². The maximum Gasteiger partial charge on any atom is 0.408 e. The van der Waals surface area contributed by atoms with Crippen LogP contribution in [0, 0.1) is 5.82 Å². The van der Waals surface area contributed by atoms with E-state index in [1.165, 1.54) is 35.4 Å². The minimum absolute atomic E-state index is 0.0169. The molecule has 1 fully saturated rings. The Morgan fingerprint density at radius 2 is 1.93 bits per heavy atom. The molecule has 226 valence electrons. The quantitative estimate of drug-likeness (QED) is 0.183. The summed E-state index contributed by atoms with van der Waals surface area (Å²) in [5.74, 6) is 0.102. The minimum atomic E-state index is -4.56. The van der Waals surface area contributed by atoms with E-state index in [2.05, 4.69) is 25.8 Å². The molecule has 0 aliphatic carbocycles. The lowest BCUT2D eigenvalue weighted by Gasteiger charge is -2.30. The third-order valence-corrected chi connectivity index (χ3v) is 6.20. The summed E-state index contributed by atoms with van der Waals surface area (Å²) in [6.07, 6.45) is -2.47. The highest BCUT2D eigenvalue weighted by molar-refractivity contribution is 5.89. The number of halogens is 4. The van der Waals surface area contributed by atoms with Crippen molar-refractivity contribution in [3.8, 4) is 5.75 Å². The van der Waals surface area contributed by atoms with Crippen molar-refractivity contribution in [2.75, 3.05) is 18.5 Å². The first kappa shape index (κ1) is 30.9. The van der Waals surface area contributed by atoms with Crippen molar-refractivity contribution in [3.05, 3.63) is 59.7 Å². The Kier molecular flexibility index (Phi) is 9.19. The molecule has 0 saturated carbocycles. The second-order valence-corrected chi connectivity index (χ2v) is 11.3. The molecule has 42 heavy (non-hydrogen) atoms. The first-order valence-corrected chi connectivity index (χ1v) is 13.5. The van der Waals surface area contributed by atoms with Crippen LogP contribution in [0.1, 0.15) is 58.3 Å². The lowest BCUT2D eigenvalue weighted by atomic mass is 10.1. The van der Waals surface area contributed by atoms with Gasteiger partial charge in [-0.2, -0.15) is 18.3 Å². The van der Waals surface area contributed by atoms with E-state index in [-0.39, 0.29) is 30.6 Å². The number of nitrogens with one attached hydrogen (secondary N) is 2. The average Bonchev–Trinajstić information content (AvgIpc) is 3.30. The predicted molar refractivity (Wildman–Crippen MR) is 151 cm³/mol. The van der Waals surface area contributed by atoms with Crippen LogP contribution in [-0.4, -0.2) is 64.2 Å². The van der Waals surface area contributed by atoms with Crippen molar-refractivity contribution >= 4 is 29.0 Å². The Bertz CT molecular complexity index is 1420. The number of hydrogen-bond acceptors (Lipinski definition) is 8. The van der Waals surface area contributed by atoms with Crippen LogP contribution in [0.25, 0.3) is 10.9 Å². The van der Waals surface area contributed by atoms with Gasteiger partial charge in [-0.3, -0.25) is 10.3 Å². The summed E-state index contributed by atoms with van der Waals surface area (Å²) in [5.41, 5.74) is 2.87. The molecule has 1 aliphatic heterocycles. The Morgan fingerprint density at radius 3 is 2.57 bits per heavy atom. The Hall–Kier alpha value is -4.00. The monoisotopic (exact) mass is 590 g/mol. The number of hydrogen-bond donors (Lipinski definition) is 2. The SMILES string of the molecule is CC(C)Oc1cc(F)cc2ccc(/C=N/Nc3ccc([C@@H](N4CC[C@H](NC(=O)OC(C)(C)C)C4)C(F)(F)F)cn3)nc12. The maximum atomic E-state index is 14.1. The van der Waals surface area contributed by atoms with E-state index in [1.807, 2.05) is 13.8 Å². The van der Waals surface area contributed by atoms with Crippen LogP contribution < -0.4 is 15.5 Å². The second kappa shape index (κ2) is 12.5. The van der Waals surface area contributed by atoms with Gasteiger partial charge in [0.05, 0.1) is 18.0 Å². The highest BCUT2D eigenvalue weighted by atomic mass is 19.4. The molecule has 0 spiro atoms. The molecule has 2 aromatic heterocycles. The first-order valence-electron chi connectivity index (χ1n) is 13.5. The molecule has 2 atom stereocenters. The molecule has 13 heteroatoms. The molecule has 1 aliphatic rings. The molecule has 1 saturated heterocycles. The number of aromatic nitrogens is 2. The zero-order valence-electron chi connectivity index (χ0n) is 24.0. The number of ether oxygens (including phenoxy) is 2. The van der Waals surface area contributed by atoms with Gasteiger partial charge in [-0.05, 0) is 64.8 Å². The zero-order valence-corrected chi connectivity index (χ0v) is 24.0. The summed E-state index contributed by atoms with van der Waals surface area (Å²) < 4.78 is 67.3. The van der Waals surface area contributed by atoms with E-state index < -0.39 is 35.8 Å². The number of anilines is 1. The fourth-order valence-electron chi connectivity index (χ4n) is 4.62. The van der Waals surface area contributed by atoms with Gasteiger partial charge < -0.3 is 14.8 Å². The van der Waals surface area contributed by atoms with Crippen molar-refractivity contribution in [2.24, 2.45) is 5.10 Å². The number of hydrazone groups is 1. The third-order valence-electron chi connectivity index (χ3n) is 6.20. The van der Waals surface area contributed by atoms with E-state index in [4.69, 9.17) is 9.47 Å². The summed E-state index contributed by atoms with van der Waals surface area (Å²) >= 11 is 0. The molecule has 0 radical (unpaired) electrons. The van der Waals surface area contributed by atoms with Crippen LogP contribution >= 0.6 is 0 Å². The molecular weight excluding hydrogens is 556 g/mol. The summed E-state index contributed by atoms with van der Waals surface area (Å²) in [6.45, 7) is 8.96. The number of likely N-dealkylation sites (tertiary alicyclic amines) is 1. The number of benzene rings is 1. The van der Waals surface area contributed by atoms with E-state index >= 15 is 0 Å². The molecule has 1 amide bonds. The highest BCUT2D eigenvalue weighted by Gasteiger charge is 2.47. The van der Waals surface area contributed by atoms with Crippen LogP contribution in [0.4, 0.5) is 28.2 Å². The molecular formula is C29H34F4N6O3. The predicted octanol–water partition coefficient (Wildman–Crippen LogP) is 6.20. The van der Waals surface area contributed by atoms with Crippen molar-refractivity contribution in [2.45, 2.75) is 71.0 Å². The molecule has 3 aromatic rings. The zero-order chi connectivity index (χ0) is 30.7. The number of nitrogens with zero attached hydrogens (tertiary/aromatic N) is 4. The number of rotatable bonds is 8. The van der Waals surface area contributed by atoms with Gasteiger partial charge in [-0.15, -0.1) is 0 Å². The third kappa shape index (κ3) is 8.28. The van der Waals surface area contributed by atoms with Gasteiger partial charge in [0.15, 0.2) is 0 Å². The number of carbonyl (C=O) groups is 1. The number of alkyl carbamates (subject to hydrolysis) is 1. The van der Waals surface area contributed by atoms with Crippen molar-refractivity contribution in [1.29, 1.82) is 0 Å². The lowest BCUT2D eigenvalue weighted by Crippen LogP contribution is -2.42. The number of carbonyl (C=O) groups excluding carboxylic acids is 1. The topological polar surface area (TPSA) is 101 Å². The van der Waals surface area contributed by atoms with E-state index in [0.717, 1.165) is 6.20 Å². The smallest absolute Gasteiger partial charge is 0.408 e. The Morgan fingerprint density at radius 1 is 1.17 bits per heavy atom. The van der Waals surface area contributed by atoms with E-state index in [0.29, 0.717) is 28.8 Å². The summed E-state index contributed by atoms with van der Waals surface area (Å²) in [5, 5.41) is 7.31. The van der Waals surface area contributed by atoms with Crippen LogP contribution in [0.2, 0.25) is 0 Å². The normalized spacial score (nSPS) is 17.1. The van der Waals surface area contributed by atoms with E-state index in [1.54, 1.807) is 32.9 Å². The first-order chi connectivity index (χ1) is 19.7. The van der Waals surface area contributed by atoms with Gasteiger partial charge in [-0.1, -0.05) is 12.1 Å². The van der Waals surface area contributed by atoms with Gasteiger partial charge in [0.1, 0.15) is 34.5 Å². The molecule has 0 unspecified atom stereocenters. The van der Waals surface area contributed by atoms with Gasteiger partial charge in [-0.25, -0.2) is 19.2 Å². The lowest BCUT2D eigenvalue weighted by molar-refractivity contribution is -0.183. The van der Waals surface area contributed by atoms with Gasteiger partial charge in [0, 0.05) is 36.8 Å². The maximum absolute atomic E-state index is 14.1. The minimum Gasteiger partial charge on any atom is -0.489 e. The average molecular weight is 591 g/mol. The molecule has 3 heterocycles. The van der Waals surface area contributed by atoms with Crippen molar-refractivity contribution < 1.29 is 31.8 Å². The van der Waals surface area contributed by atoms with Gasteiger partial charge in [0.2, 0.25) is 0 Å². The highest BCUT2D eigenvalue weighted by Crippen LogP contribution is 2.39. The standard InChI is InChI=1S/C29H34F4N6O3/c1-17(2)41-23-13-20(30)12-18-6-8-21(36-25(18)23)15-35-38-24-9-7-19(14-34-24)26(29(31,32)33)39-11-10-22(16-39)37-27(40)42-28(3,4)5/h6-9,12-15,17,22,26H,10-11,16H2,1-5H3,(H,34,38)(H,37,40)/b35-15+/t22-,26+/m0/s1. The largest absolute Gasteiger partial charge is 0.489 e. The number of fused-ring (bicyclic) bond motifs is 1. The fourth-order valence-corrected chi connectivity index (χ4v) is 4.62. The molecule has 4 rings (SSSR count). The van der Waals surface area contributed by atoms with Crippen LogP contribution in [-0.2, 0) is 4.74 Å². The summed E-state index contributed by atoms with van der Waals surface area (Å²) in [6, 6.07) is 6.36. The van der Waals surface area contributed by atoms with E-state index in [9.17, 15) is 22.4 Å². The Labute approximate surface area is 241 Å². The summed E-state index contributed by atoms with van der Waals surface area (Å²) in [4.78, 5) is 21.9. The van der Waals surface area contributed by atoms with Crippen LogP contribution in [0.15, 0.2) is 47.7 Å².